The van der Waals surface area contributed by atoms with Crippen molar-refractivity contribution in [1.82, 2.24) is 0 Å². The van der Waals surface area contributed by atoms with Gasteiger partial charge in [-0.2, -0.15) is 0 Å². The largest absolute Gasteiger partial charge is 0.456 e. The van der Waals surface area contributed by atoms with Crippen molar-refractivity contribution in [2.24, 2.45) is 0 Å². The van der Waals surface area contributed by atoms with Crippen LogP contribution >= 0.6 is 11.6 Å². The van der Waals surface area contributed by atoms with Gasteiger partial charge in [0.25, 0.3) is 0 Å². The lowest BCUT2D eigenvalue weighted by Crippen LogP contribution is -2.37. The van der Waals surface area contributed by atoms with Crippen molar-refractivity contribution in [3.8, 4) is 0 Å². The molecule has 0 unspecified atom stereocenters. The second-order valence-corrected chi connectivity index (χ2v) is 6.25. The molecule has 4 nitrogen and oxygen atoms in total. The molecule has 2 aliphatic heterocycles. The second kappa shape index (κ2) is 5.80. The molecule has 1 atom stereocenters. The molecule has 0 spiro atoms. The number of carbonyl (C=O) groups excluding carboxylic acids is 2. The van der Waals surface area contributed by atoms with Crippen LogP contribution in [0.5, 0.6) is 0 Å². The molecule has 1 amide bonds. The van der Waals surface area contributed by atoms with Crippen molar-refractivity contribution in [2.45, 2.75) is 12.3 Å². The fourth-order valence-electron chi connectivity index (χ4n) is 3.31. The highest BCUT2D eigenvalue weighted by Gasteiger charge is 2.42. The Morgan fingerprint density at radius 3 is 2.42 bits per heavy atom. The molecule has 0 saturated carbocycles. The van der Waals surface area contributed by atoms with Crippen molar-refractivity contribution in [2.75, 3.05) is 11.5 Å². The lowest BCUT2D eigenvalue weighted by Gasteiger charge is -2.31. The first-order valence-corrected chi connectivity index (χ1v) is 8.06. The number of nitrogens with zero attached hydrogens (tertiary/aromatic N) is 1. The number of hydrogen-bond acceptors (Lipinski definition) is 3. The maximum absolute atomic E-state index is 12.8. The Balaban J connectivity index is 1.83. The molecule has 5 heteroatoms. The van der Waals surface area contributed by atoms with Gasteiger partial charge < -0.3 is 4.74 Å². The van der Waals surface area contributed by atoms with Gasteiger partial charge in [0.05, 0.1) is 11.3 Å². The number of benzene rings is 2. The molecule has 2 aromatic carbocycles. The Morgan fingerprint density at radius 1 is 1.00 bits per heavy atom. The van der Waals surface area contributed by atoms with Gasteiger partial charge in [-0.3, -0.25) is 9.69 Å². The van der Waals surface area contributed by atoms with E-state index in [1.54, 1.807) is 29.2 Å². The number of amides is 1. The fraction of sp³-hybridized carbons (Fsp3) is 0.158. The van der Waals surface area contributed by atoms with Crippen LogP contribution in [0.2, 0.25) is 5.02 Å². The molecule has 120 valence electrons. The molecule has 0 N–H and O–H groups in total. The summed E-state index contributed by atoms with van der Waals surface area (Å²) in [5.41, 5.74) is 2.86. The second-order valence-electron chi connectivity index (χ2n) is 5.81. The van der Waals surface area contributed by atoms with Crippen molar-refractivity contribution < 1.29 is 14.3 Å². The summed E-state index contributed by atoms with van der Waals surface area (Å²) in [5, 5.41) is 0.596. The highest BCUT2D eigenvalue weighted by molar-refractivity contribution is 6.30. The van der Waals surface area contributed by atoms with E-state index >= 15 is 0 Å². The number of hydrogen-bond donors (Lipinski definition) is 0. The van der Waals surface area contributed by atoms with Gasteiger partial charge in [0, 0.05) is 23.0 Å². The Bertz CT molecular complexity index is 843. The summed E-state index contributed by atoms with van der Waals surface area (Å²) in [5.74, 6) is -0.652. The number of ether oxygens (including phenoxy) is 1. The number of esters is 1. The predicted molar refractivity (Wildman–Crippen MR) is 90.7 cm³/mol. The highest BCUT2D eigenvalue weighted by Crippen LogP contribution is 2.41. The van der Waals surface area contributed by atoms with E-state index in [1.165, 1.54) is 0 Å². The van der Waals surface area contributed by atoms with Crippen LogP contribution < -0.4 is 4.90 Å². The topological polar surface area (TPSA) is 46.6 Å². The zero-order valence-electron chi connectivity index (χ0n) is 12.7. The van der Waals surface area contributed by atoms with E-state index in [2.05, 4.69) is 0 Å². The molecule has 0 bridgehead atoms. The first-order chi connectivity index (χ1) is 11.6. The molecule has 2 heterocycles. The smallest absolute Gasteiger partial charge is 0.336 e. The quantitative estimate of drug-likeness (QED) is 0.784. The third kappa shape index (κ3) is 2.39. The van der Waals surface area contributed by atoms with Crippen LogP contribution in [-0.2, 0) is 14.3 Å². The van der Waals surface area contributed by atoms with Gasteiger partial charge in [0.15, 0.2) is 0 Å². The lowest BCUT2D eigenvalue weighted by atomic mass is 9.84. The Hall–Kier alpha value is -2.59. The minimum absolute atomic E-state index is 0.0526. The third-order valence-corrected chi connectivity index (χ3v) is 4.66. The Morgan fingerprint density at radius 2 is 1.71 bits per heavy atom. The van der Waals surface area contributed by atoms with E-state index in [0.29, 0.717) is 22.0 Å². The Labute approximate surface area is 144 Å². The van der Waals surface area contributed by atoms with Crippen molar-refractivity contribution in [1.29, 1.82) is 0 Å². The SMILES string of the molecule is O=C1OCC2=C1[C@H](c1ccccc1)CC(=O)N2c1ccc(Cl)cc1. The summed E-state index contributed by atoms with van der Waals surface area (Å²) in [6.45, 7) is 0.117. The maximum atomic E-state index is 12.8. The molecule has 0 radical (unpaired) electrons. The van der Waals surface area contributed by atoms with Gasteiger partial charge in [-0.25, -0.2) is 4.79 Å². The summed E-state index contributed by atoms with van der Waals surface area (Å²) in [4.78, 5) is 26.7. The van der Waals surface area contributed by atoms with E-state index in [0.717, 1.165) is 5.56 Å². The van der Waals surface area contributed by atoms with Gasteiger partial charge in [0.2, 0.25) is 5.91 Å². The first-order valence-electron chi connectivity index (χ1n) is 7.69. The van der Waals surface area contributed by atoms with E-state index in [4.69, 9.17) is 16.3 Å². The van der Waals surface area contributed by atoms with Gasteiger partial charge in [0.1, 0.15) is 6.61 Å². The zero-order valence-corrected chi connectivity index (χ0v) is 13.5. The summed E-state index contributed by atoms with van der Waals surface area (Å²) >= 11 is 5.93. The lowest BCUT2D eigenvalue weighted by molar-refractivity contribution is -0.136. The van der Waals surface area contributed by atoms with Crippen molar-refractivity contribution in [3.05, 3.63) is 76.5 Å². The summed E-state index contributed by atoms with van der Waals surface area (Å²) < 4.78 is 5.24. The van der Waals surface area contributed by atoms with Crippen molar-refractivity contribution >= 4 is 29.2 Å². The maximum Gasteiger partial charge on any atom is 0.336 e. The molecule has 24 heavy (non-hydrogen) atoms. The molecular formula is C19H14ClNO3. The van der Waals surface area contributed by atoms with Crippen LogP contribution in [0, 0.1) is 0 Å². The molecule has 0 saturated heterocycles. The minimum Gasteiger partial charge on any atom is -0.456 e. The summed E-state index contributed by atoms with van der Waals surface area (Å²) in [7, 11) is 0. The molecule has 2 aliphatic rings. The number of halogens is 1. The average Bonchev–Trinajstić information content (AvgIpc) is 2.98. The van der Waals surface area contributed by atoms with Gasteiger partial charge in [-0.15, -0.1) is 0 Å². The average molecular weight is 340 g/mol. The monoisotopic (exact) mass is 339 g/mol. The van der Waals surface area contributed by atoms with E-state index in [1.807, 2.05) is 30.3 Å². The van der Waals surface area contributed by atoms with E-state index in [-0.39, 0.29) is 30.8 Å². The zero-order chi connectivity index (χ0) is 16.7. The number of cyclic esters (lactones) is 1. The van der Waals surface area contributed by atoms with Crippen LogP contribution in [0.25, 0.3) is 0 Å². The third-order valence-electron chi connectivity index (χ3n) is 4.40. The fourth-order valence-corrected chi connectivity index (χ4v) is 3.44. The number of anilines is 1. The van der Waals surface area contributed by atoms with Gasteiger partial charge >= 0.3 is 5.97 Å². The molecule has 2 aromatic rings. The normalized spacial score (nSPS) is 20.2. The predicted octanol–water partition coefficient (Wildman–Crippen LogP) is 3.67. The van der Waals surface area contributed by atoms with E-state index in [9.17, 15) is 9.59 Å². The number of rotatable bonds is 2. The number of carbonyl (C=O) groups is 2. The van der Waals surface area contributed by atoms with Gasteiger partial charge in [-0.1, -0.05) is 41.9 Å². The minimum atomic E-state index is -0.342. The highest BCUT2D eigenvalue weighted by atomic mass is 35.5. The van der Waals surface area contributed by atoms with Crippen LogP contribution in [-0.4, -0.2) is 18.5 Å². The molecule has 0 aromatic heterocycles. The summed E-state index contributed by atoms with van der Waals surface area (Å²) in [6.07, 6.45) is 0.237. The van der Waals surface area contributed by atoms with Crippen molar-refractivity contribution in [3.63, 3.8) is 0 Å². The standard InChI is InChI=1S/C19H14ClNO3/c20-13-6-8-14(9-7-13)21-16-11-24-19(23)18(16)15(10-17(21)22)12-4-2-1-3-5-12/h1-9,15H,10-11H2/t15-/m0/s1. The molecule has 0 aliphatic carbocycles. The molecular weight excluding hydrogens is 326 g/mol. The van der Waals surface area contributed by atoms with Crippen LogP contribution in [0.4, 0.5) is 5.69 Å². The van der Waals surface area contributed by atoms with Gasteiger partial charge in [-0.05, 0) is 29.8 Å². The molecule has 4 rings (SSSR count). The molecule has 0 fully saturated rings. The van der Waals surface area contributed by atoms with E-state index < -0.39 is 0 Å². The van der Waals surface area contributed by atoms with Crippen LogP contribution in [0.3, 0.4) is 0 Å². The van der Waals surface area contributed by atoms with Crippen LogP contribution in [0.1, 0.15) is 17.9 Å². The first kappa shape index (κ1) is 15.0. The van der Waals surface area contributed by atoms with Crippen LogP contribution in [0.15, 0.2) is 65.9 Å². The summed E-state index contributed by atoms with van der Waals surface area (Å²) in [6, 6.07) is 16.6. The Kier molecular flexibility index (Phi) is 3.62.